The first-order valence-corrected chi connectivity index (χ1v) is 6.59. The average molecular weight is 225 g/mol. The van der Waals surface area contributed by atoms with E-state index in [2.05, 4.69) is 47.0 Å². The van der Waals surface area contributed by atoms with Crippen molar-refractivity contribution < 1.29 is 4.84 Å². The summed E-state index contributed by atoms with van der Waals surface area (Å²) in [5, 5.41) is 0. The Labute approximate surface area is 100 Å². The summed E-state index contributed by atoms with van der Waals surface area (Å²) in [6.07, 6.45) is 4.12. The van der Waals surface area contributed by atoms with Gasteiger partial charge < -0.3 is 0 Å². The van der Waals surface area contributed by atoms with Gasteiger partial charge in [-0.25, -0.2) is 0 Å². The van der Waals surface area contributed by atoms with Gasteiger partial charge in [0, 0.05) is 6.04 Å². The molecule has 0 aromatic heterocycles. The molecule has 94 valence electrons. The molecule has 2 rings (SSSR count). The van der Waals surface area contributed by atoms with E-state index in [0.717, 1.165) is 5.92 Å². The largest absolute Gasteiger partial charge is 0.296 e. The van der Waals surface area contributed by atoms with E-state index in [4.69, 9.17) is 4.84 Å². The van der Waals surface area contributed by atoms with Crippen molar-refractivity contribution in [1.29, 1.82) is 0 Å². The van der Waals surface area contributed by atoms with Crippen LogP contribution in [0.5, 0.6) is 0 Å². The zero-order valence-corrected chi connectivity index (χ0v) is 11.7. The molecular weight excluding hydrogens is 198 g/mol. The Bertz CT molecular complexity index is 274. The van der Waals surface area contributed by atoms with Crippen molar-refractivity contribution in [2.45, 2.75) is 72.4 Å². The van der Waals surface area contributed by atoms with Crippen LogP contribution in [0.1, 0.15) is 60.8 Å². The highest BCUT2D eigenvalue weighted by Crippen LogP contribution is 2.62. The fourth-order valence-corrected chi connectivity index (χ4v) is 3.83. The van der Waals surface area contributed by atoms with Crippen LogP contribution in [-0.4, -0.2) is 11.6 Å². The van der Waals surface area contributed by atoms with Crippen LogP contribution in [0.4, 0.5) is 0 Å². The quantitative estimate of drug-likeness (QED) is 0.726. The van der Waals surface area contributed by atoms with Gasteiger partial charge in [-0.15, -0.1) is 0 Å². The highest BCUT2D eigenvalue weighted by atomic mass is 16.7. The van der Waals surface area contributed by atoms with Gasteiger partial charge in [0.2, 0.25) is 0 Å². The number of rotatable bonds is 2. The van der Waals surface area contributed by atoms with Gasteiger partial charge in [0.05, 0.1) is 5.60 Å². The average Bonchev–Trinajstić information content (AvgIpc) is 2.52. The molecule has 0 amide bonds. The Morgan fingerprint density at radius 3 is 2.25 bits per heavy atom. The molecule has 2 saturated carbocycles. The second-order valence-electron chi connectivity index (χ2n) is 7.68. The molecule has 2 nitrogen and oxygen atoms in total. The number of hydrogen-bond acceptors (Lipinski definition) is 2. The highest BCUT2D eigenvalue weighted by Gasteiger charge is 2.59. The van der Waals surface area contributed by atoms with Crippen molar-refractivity contribution in [3.63, 3.8) is 0 Å². The van der Waals surface area contributed by atoms with Crippen molar-refractivity contribution in [2.24, 2.45) is 16.7 Å². The van der Waals surface area contributed by atoms with E-state index in [1.807, 2.05) is 0 Å². The SMILES string of the molecule is CC(C)(C)ONC1C2(C)CCC(C2)C1(C)C. The molecule has 0 aromatic rings. The van der Waals surface area contributed by atoms with Crippen molar-refractivity contribution in [3.05, 3.63) is 0 Å². The lowest BCUT2D eigenvalue weighted by molar-refractivity contribution is -0.124. The van der Waals surface area contributed by atoms with E-state index < -0.39 is 0 Å². The molecule has 1 N–H and O–H groups in total. The number of nitrogens with one attached hydrogen (secondary N) is 1. The molecule has 0 aromatic carbocycles. The molecule has 0 spiro atoms. The molecule has 3 unspecified atom stereocenters. The number of hydrogen-bond donors (Lipinski definition) is 1. The lowest BCUT2D eigenvalue weighted by Gasteiger charge is -2.43. The fourth-order valence-electron chi connectivity index (χ4n) is 3.83. The molecular formula is C14H27NO. The van der Waals surface area contributed by atoms with Crippen LogP contribution >= 0.6 is 0 Å². The summed E-state index contributed by atoms with van der Waals surface area (Å²) in [6.45, 7) is 13.5. The Kier molecular flexibility index (Phi) is 2.67. The van der Waals surface area contributed by atoms with Gasteiger partial charge in [0.25, 0.3) is 0 Å². The van der Waals surface area contributed by atoms with E-state index >= 15 is 0 Å². The molecule has 2 aliphatic rings. The van der Waals surface area contributed by atoms with Crippen molar-refractivity contribution >= 4 is 0 Å². The van der Waals surface area contributed by atoms with Gasteiger partial charge in [-0.3, -0.25) is 4.84 Å². The minimum atomic E-state index is -0.103. The second-order valence-corrected chi connectivity index (χ2v) is 7.68. The molecule has 2 fully saturated rings. The summed E-state index contributed by atoms with van der Waals surface area (Å²) in [6, 6.07) is 0.498. The van der Waals surface area contributed by atoms with Gasteiger partial charge >= 0.3 is 0 Å². The van der Waals surface area contributed by atoms with Gasteiger partial charge in [0.1, 0.15) is 0 Å². The van der Waals surface area contributed by atoms with Gasteiger partial charge in [0.15, 0.2) is 0 Å². The highest BCUT2D eigenvalue weighted by molar-refractivity contribution is 5.11. The number of hydroxylamine groups is 1. The van der Waals surface area contributed by atoms with E-state index in [1.54, 1.807) is 0 Å². The fraction of sp³-hybridized carbons (Fsp3) is 1.00. The van der Waals surface area contributed by atoms with Crippen LogP contribution in [0, 0.1) is 16.7 Å². The minimum absolute atomic E-state index is 0.103. The van der Waals surface area contributed by atoms with Crippen LogP contribution in [0.2, 0.25) is 0 Å². The molecule has 16 heavy (non-hydrogen) atoms. The summed E-state index contributed by atoms with van der Waals surface area (Å²) < 4.78 is 0. The van der Waals surface area contributed by atoms with Crippen LogP contribution < -0.4 is 5.48 Å². The molecule has 2 bridgehead atoms. The van der Waals surface area contributed by atoms with Gasteiger partial charge in [-0.1, -0.05) is 20.8 Å². The van der Waals surface area contributed by atoms with Gasteiger partial charge in [-0.2, -0.15) is 5.48 Å². The van der Waals surface area contributed by atoms with Gasteiger partial charge in [-0.05, 0) is 56.8 Å². The minimum Gasteiger partial charge on any atom is -0.296 e. The Balaban J connectivity index is 2.08. The monoisotopic (exact) mass is 225 g/mol. The molecule has 0 radical (unpaired) electrons. The zero-order valence-electron chi connectivity index (χ0n) is 11.7. The topological polar surface area (TPSA) is 21.3 Å². The van der Waals surface area contributed by atoms with Crippen molar-refractivity contribution in [3.8, 4) is 0 Å². The molecule has 0 aliphatic heterocycles. The first kappa shape index (κ1) is 12.4. The van der Waals surface area contributed by atoms with Crippen LogP contribution in [-0.2, 0) is 4.84 Å². The summed E-state index contributed by atoms with van der Waals surface area (Å²) in [7, 11) is 0. The lowest BCUT2D eigenvalue weighted by Crippen LogP contribution is -2.52. The third-order valence-electron chi connectivity index (χ3n) is 4.75. The summed E-state index contributed by atoms with van der Waals surface area (Å²) in [5.74, 6) is 0.874. The standard InChI is InChI=1S/C14H27NO/c1-12(2,3)16-15-11-13(4,5)10-7-8-14(11,6)9-10/h10-11,15H,7-9H2,1-6H3. The first-order valence-electron chi connectivity index (χ1n) is 6.59. The van der Waals surface area contributed by atoms with E-state index in [1.165, 1.54) is 19.3 Å². The summed E-state index contributed by atoms with van der Waals surface area (Å²) >= 11 is 0. The summed E-state index contributed by atoms with van der Waals surface area (Å²) in [5.41, 5.74) is 4.10. The third-order valence-corrected chi connectivity index (χ3v) is 4.75. The zero-order chi connectivity index (χ0) is 12.2. The second kappa shape index (κ2) is 3.46. The predicted octanol–water partition coefficient (Wildman–Crippen LogP) is 3.52. The third kappa shape index (κ3) is 1.91. The smallest absolute Gasteiger partial charge is 0.0813 e. The normalized spacial score (nSPS) is 41.6. The Morgan fingerprint density at radius 2 is 1.81 bits per heavy atom. The Morgan fingerprint density at radius 1 is 1.19 bits per heavy atom. The molecule has 2 heteroatoms. The maximum Gasteiger partial charge on any atom is 0.0813 e. The maximum atomic E-state index is 5.82. The first-order chi connectivity index (χ1) is 7.15. The van der Waals surface area contributed by atoms with Crippen molar-refractivity contribution in [1.82, 2.24) is 5.48 Å². The predicted molar refractivity (Wildman–Crippen MR) is 67.0 cm³/mol. The molecule has 0 saturated heterocycles. The van der Waals surface area contributed by atoms with E-state index in [0.29, 0.717) is 16.9 Å². The lowest BCUT2D eigenvalue weighted by atomic mass is 9.69. The van der Waals surface area contributed by atoms with Crippen LogP contribution in [0.3, 0.4) is 0 Å². The molecule has 2 aliphatic carbocycles. The maximum absolute atomic E-state index is 5.82. The van der Waals surface area contributed by atoms with E-state index in [-0.39, 0.29) is 5.60 Å². The van der Waals surface area contributed by atoms with Crippen LogP contribution in [0.15, 0.2) is 0 Å². The summed E-state index contributed by atoms with van der Waals surface area (Å²) in [4.78, 5) is 5.82. The number of fused-ring (bicyclic) bond motifs is 2. The van der Waals surface area contributed by atoms with Crippen LogP contribution in [0.25, 0.3) is 0 Å². The molecule has 3 atom stereocenters. The Hall–Kier alpha value is -0.0800. The van der Waals surface area contributed by atoms with Crippen molar-refractivity contribution in [2.75, 3.05) is 0 Å². The van der Waals surface area contributed by atoms with E-state index in [9.17, 15) is 0 Å². The molecule has 0 heterocycles.